The zero-order valence-electron chi connectivity index (χ0n) is 12.6. The Kier molecular flexibility index (Phi) is 3.76. The first-order valence-corrected chi connectivity index (χ1v) is 7.53. The number of rotatable bonds is 3. The van der Waals surface area contributed by atoms with Crippen LogP contribution in [0, 0.1) is 5.92 Å². The fourth-order valence-electron chi connectivity index (χ4n) is 3.11. The lowest BCUT2D eigenvalue weighted by atomic mass is 9.98. The first-order valence-electron chi connectivity index (χ1n) is 7.53. The van der Waals surface area contributed by atoms with Crippen LogP contribution in [0.2, 0.25) is 0 Å². The van der Waals surface area contributed by atoms with Crippen molar-refractivity contribution >= 4 is 5.65 Å². The van der Waals surface area contributed by atoms with Crippen LogP contribution in [0.25, 0.3) is 5.65 Å². The Morgan fingerprint density at radius 1 is 1.40 bits per heavy atom. The average molecular weight is 272 g/mol. The molecule has 2 atom stereocenters. The summed E-state index contributed by atoms with van der Waals surface area (Å²) in [6.07, 6.45) is 4.21. The lowest BCUT2D eigenvalue weighted by Crippen LogP contribution is -2.56. The summed E-state index contributed by atoms with van der Waals surface area (Å²) in [6.45, 7) is 9.98. The lowest BCUT2D eigenvalue weighted by molar-refractivity contribution is 0.0945. The molecule has 0 bridgehead atoms. The molecule has 1 aliphatic rings. The highest BCUT2D eigenvalue weighted by Gasteiger charge is 2.28. The molecule has 20 heavy (non-hydrogen) atoms. The van der Waals surface area contributed by atoms with E-state index in [-0.39, 0.29) is 0 Å². The minimum atomic E-state index is 0.557. The third kappa shape index (κ3) is 2.72. The Labute approximate surface area is 120 Å². The van der Waals surface area contributed by atoms with Crippen LogP contribution in [-0.2, 0) is 6.54 Å². The van der Waals surface area contributed by atoms with Gasteiger partial charge in [0, 0.05) is 44.1 Å². The van der Waals surface area contributed by atoms with Crippen molar-refractivity contribution in [3.63, 3.8) is 0 Å². The van der Waals surface area contributed by atoms with E-state index in [1.165, 1.54) is 0 Å². The zero-order valence-corrected chi connectivity index (χ0v) is 12.6. The van der Waals surface area contributed by atoms with E-state index >= 15 is 0 Å². The van der Waals surface area contributed by atoms with Gasteiger partial charge < -0.3 is 9.72 Å². The van der Waals surface area contributed by atoms with Crippen molar-refractivity contribution < 1.29 is 0 Å². The van der Waals surface area contributed by atoms with E-state index in [9.17, 15) is 0 Å². The maximum Gasteiger partial charge on any atom is 0.137 e. The van der Waals surface area contributed by atoms with E-state index in [1.54, 1.807) is 0 Å². The van der Waals surface area contributed by atoms with Crippen LogP contribution in [-0.4, -0.2) is 39.5 Å². The van der Waals surface area contributed by atoms with E-state index in [4.69, 9.17) is 4.98 Å². The van der Waals surface area contributed by atoms with E-state index in [1.807, 2.05) is 12.1 Å². The smallest absolute Gasteiger partial charge is 0.137 e. The van der Waals surface area contributed by atoms with Crippen LogP contribution < -0.4 is 5.32 Å². The summed E-state index contributed by atoms with van der Waals surface area (Å²) in [7, 11) is 0. The molecular weight excluding hydrogens is 248 g/mol. The number of imidazole rings is 1. The number of hydrogen-bond donors (Lipinski definition) is 1. The molecule has 0 saturated carbocycles. The van der Waals surface area contributed by atoms with Gasteiger partial charge in [-0.25, -0.2) is 4.98 Å². The maximum absolute atomic E-state index is 4.73. The molecule has 0 radical (unpaired) electrons. The van der Waals surface area contributed by atoms with Crippen molar-refractivity contribution in [3.05, 3.63) is 36.3 Å². The fourth-order valence-corrected chi connectivity index (χ4v) is 3.11. The van der Waals surface area contributed by atoms with Crippen LogP contribution in [0.4, 0.5) is 0 Å². The summed E-state index contributed by atoms with van der Waals surface area (Å²) in [5.74, 6) is 0.659. The molecule has 1 saturated heterocycles. The molecule has 0 aromatic carbocycles. The van der Waals surface area contributed by atoms with Crippen molar-refractivity contribution in [1.82, 2.24) is 19.6 Å². The number of piperazine rings is 1. The SMILES string of the molecule is CC1CN(Cc2cn3ccccc3n2)C(C(C)C)CN1. The largest absolute Gasteiger partial charge is 0.311 e. The third-order valence-corrected chi connectivity index (χ3v) is 4.20. The van der Waals surface area contributed by atoms with Gasteiger partial charge in [-0.1, -0.05) is 19.9 Å². The summed E-state index contributed by atoms with van der Waals surface area (Å²) in [5, 5.41) is 3.59. The Hall–Kier alpha value is -1.39. The van der Waals surface area contributed by atoms with Gasteiger partial charge in [0.05, 0.1) is 5.69 Å². The van der Waals surface area contributed by atoms with Gasteiger partial charge in [-0.3, -0.25) is 4.90 Å². The molecule has 0 aliphatic carbocycles. The second-order valence-corrected chi connectivity index (χ2v) is 6.25. The van der Waals surface area contributed by atoms with Crippen LogP contribution in [0.3, 0.4) is 0 Å². The van der Waals surface area contributed by atoms with Gasteiger partial charge in [-0.2, -0.15) is 0 Å². The predicted octanol–water partition coefficient (Wildman–Crippen LogP) is 2.15. The van der Waals surface area contributed by atoms with Gasteiger partial charge in [-0.15, -0.1) is 0 Å². The van der Waals surface area contributed by atoms with E-state index < -0.39 is 0 Å². The van der Waals surface area contributed by atoms with E-state index in [0.717, 1.165) is 31.0 Å². The van der Waals surface area contributed by atoms with Gasteiger partial charge in [0.25, 0.3) is 0 Å². The zero-order chi connectivity index (χ0) is 14.1. The first-order chi connectivity index (χ1) is 9.63. The summed E-state index contributed by atoms with van der Waals surface area (Å²) in [6, 6.07) is 7.29. The van der Waals surface area contributed by atoms with Crippen molar-refractivity contribution in [2.75, 3.05) is 13.1 Å². The highest BCUT2D eigenvalue weighted by molar-refractivity contribution is 5.39. The molecule has 3 rings (SSSR count). The number of nitrogens with one attached hydrogen (secondary N) is 1. The summed E-state index contributed by atoms with van der Waals surface area (Å²) in [4.78, 5) is 7.30. The Balaban J connectivity index is 1.80. The van der Waals surface area contributed by atoms with Crippen molar-refractivity contribution in [3.8, 4) is 0 Å². The number of fused-ring (bicyclic) bond motifs is 1. The molecule has 4 nitrogen and oxygen atoms in total. The normalized spacial score (nSPS) is 24.6. The second-order valence-electron chi connectivity index (χ2n) is 6.25. The van der Waals surface area contributed by atoms with Gasteiger partial charge in [-0.05, 0) is 25.0 Å². The minimum Gasteiger partial charge on any atom is -0.311 e. The molecule has 4 heteroatoms. The van der Waals surface area contributed by atoms with Gasteiger partial charge in [0.1, 0.15) is 5.65 Å². The Morgan fingerprint density at radius 2 is 2.25 bits per heavy atom. The maximum atomic E-state index is 4.73. The van der Waals surface area contributed by atoms with Crippen LogP contribution >= 0.6 is 0 Å². The number of pyridine rings is 1. The topological polar surface area (TPSA) is 32.6 Å². The predicted molar refractivity (Wildman–Crippen MR) is 81.7 cm³/mol. The highest BCUT2D eigenvalue weighted by atomic mass is 15.2. The van der Waals surface area contributed by atoms with Gasteiger partial charge in [0.15, 0.2) is 0 Å². The van der Waals surface area contributed by atoms with Crippen LogP contribution in [0.15, 0.2) is 30.6 Å². The van der Waals surface area contributed by atoms with E-state index in [2.05, 4.69) is 53.8 Å². The molecular formula is C16H24N4. The second kappa shape index (κ2) is 5.54. The number of aromatic nitrogens is 2. The first kappa shape index (κ1) is 13.6. The monoisotopic (exact) mass is 272 g/mol. The van der Waals surface area contributed by atoms with Gasteiger partial charge >= 0.3 is 0 Å². The number of hydrogen-bond acceptors (Lipinski definition) is 3. The van der Waals surface area contributed by atoms with Crippen molar-refractivity contribution in [2.45, 2.75) is 39.4 Å². The van der Waals surface area contributed by atoms with E-state index in [0.29, 0.717) is 18.0 Å². The lowest BCUT2D eigenvalue weighted by Gasteiger charge is -2.41. The van der Waals surface area contributed by atoms with Gasteiger partial charge in [0.2, 0.25) is 0 Å². The summed E-state index contributed by atoms with van der Waals surface area (Å²) < 4.78 is 2.10. The number of nitrogens with zero attached hydrogens (tertiary/aromatic N) is 3. The molecule has 0 spiro atoms. The molecule has 2 aromatic heterocycles. The highest BCUT2D eigenvalue weighted by Crippen LogP contribution is 2.18. The average Bonchev–Trinajstić information content (AvgIpc) is 2.80. The Bertz CT molecular complexity index is 542. The fraction of sp³-hybridized carbons (Fsp3) is 0.562. The molecule has 2 aromatic rings. The Morgan fingerprint density at radius 3 is 3.00 bits per heavy atom. The summed E-state index contributed by atoms with van der Waals surface area (Å²) in [5.41, 5.74) is 2.20. The minimum absolute atomic E-state index is 0.557. The molecule has 3 heterocycles. The van der Waals surface area contributed by atoms with Crippen molar-refractivity contribution in [2.24, 2.45) is 5.92 Å². The molecule has 108 valence electrons. The molecule has 1 fully saturated rings. The molecule has 1 N–H and O–H groups in total. The van der Waals surface area contributed by atoms with Crippen LogP contribution in [0.5, 0.6) is 0 Å². The molecule has 0 amide bonds. The molecule has 1 aliphatic heterocycles. The summed E-state index contributed by atoms with van der Waals surface area (Å²) >= 11 is 0. The third-order valence-electron chi connectivity index (χ3n) is 4.20. The quantitative estimate of drug-likeness (QED) is 0.929. The van der Waals surface area contributed by atoms with Crippen molar-refractivity contribution in [1.29, 1.82) is 0 Å². The van der Waals surface area contributed by atoms with Crippen LogP contribution in [0.1, 0.15) is 26.5 Å². The standard InChI is InChI=1S/C16H24N4/c1-12(2)15-8-17-13(3)9-20(15)11-14-10-19-7-5-4-6-16(19)18-14/h4-7,10,12-13,15,17H,8-9,11H2,1-3H3. The molecule has 2 unspecified atom stereocenters.